The molecule has 1 saturated carbocycles. The molecule has 0 unspecified atom stereocenters. The number of rotatable bonds is 5. The molecule has 1 aliphatic carbocycles. The fraction of sp³-hybridized carbons (Fsp3) is 0.583. The molecule has 4 rings (SSSR count). The molecule has 5 nitrogen and oxygen atoms in total. The van der Waals surface area contributed by atoms with E-state index in [1.807, 2.05) is 17.8 Å². The van der Waals surface area contributed by atoms with Crippen molar-refractivity contribution in [3.63, 3.8) is 0 Å². The third-order valence-corrected chi connectivity index (χ3v) is 6.79. The van der Waals surface area contributed by atoms with Crippen molar-refractivity contribution in [2.24, 2.45) is 7.05 Å². The second-order valence-corrected chi connectivity index (χ2v) is 9.17. The Hall–Kier alpha value is -2.14. The fourth-order valence-electron chi connectivity index (χ4n) is 5.27. The summed E-state index contributed by atoms with van der Waals surface area (Å²) in [4.78, 5) is 18.1. The number of carbonyl (C=O) groups excluding carboxylic acids is 1. The van der Waals surface area contributed by atoms with Crippen molar-refractivity contribution in [1.82, 2.24) is 19.6 Å². The lowest BCUT2D eigenvalue weighted by Gasteiger charge is -2.39. The van der Waals surface area contributed by atoms with Crippen molar-refractivity contribution < 1.29 is 4.79 Å². The minimum absolute atomic E-state index is 0.316. The van der Waals surface area contributed by atoms with Crippen LogP contribution in [0.4, 0.5) is 0 Å². The van der Waals surface area contributed by atoms with Crippen LogP contribution in [0, 0.1) is 0 Å². The van der Waals surface area contributed by atoms with Crippen LogP contribution < -0.4 is 0 Å². The highest BCUT2D eigenvalue weighted by atomic mass is 16.2. The van der Waals surface area contributed by atoms with E-state index in [1.54, 1.807) is 0 Å². The molecule has 0 radical (unpaired) electrons. The summed E-state index contributed by atoms with van der Waals surface area (Å²) in [5.74, 6) is 0.680. The molecule has 0 N–H and O–H groups in total. The minimum Gasteiger partial charge on any atom is -0.341 e. The van der Waals surface area contributed by atoms with Crippen molar-refractivity contribution in [3.8, 4) is 0 Å². The Morgan fingerprint density at radius 1 is 1.17 bits per heavy atom. The van der Waals surface area contributed by atoms with Gasteiger partial charge in [0, 0.05) is 32.6 Å². The van der Waals surface area contributed by atoms with Crippen molar-refractivity contribution in [2.75, 3.05) is 27.2 Å². The average molecular weight is 395 g/mol. The zero-order chi connectivity index (χ0) is 20.4. The van der Waals surface area contributed by atoms with Gasteiger partial charge in [-0.15, -0.1) is 0 Å². The van der Waals surface area contributed by atoms with Gasteiger partial charge in [-0.1, -0.05) is 43.2 Å². The van der Waals surface area contributed by atoms with Gasteiger partial charge in [0.25, 0.3) is 0 Å². The first-order valence-electron chi connectivity index (χ1n) is 11.0. The summed E-state index contributed by atoms with van der Waals surface area (Å²) in [6.07, 6.45) is 6.42. The maximum absolute atomic E-state index is 13.8. The number of nitrogens with zero attached hydrogens (tertiary/aromatic N) is 4. The predicted molar refractivity (Wildman–Crippen MR) is 116 cm³/mol. The van der Waals surface area contributed by atoms with E-state index in [4.69, 9.17) is 5.10 Å². The topological polar surface area (TPSA) is 41.4 Å². The maximum Gasteiger partial charge on any atom is 0.233 e. The highest BCUT2D eigenvalue weighted by molar-refractivity contribution is 5.88. The van der Waals surface area contributed by atoms with Gasteiger partial charge in [0.2, 0.25) is 5.91 Å². The molecule has 1 amide bonds. The van der Waals surface area contributed by atoms with Gasteiger partial charge in [-0.2, -0.15) is 5.10 Å². The normalized spacial score (nSPS) is 21.7. The van der Waals surface area contributed by atoms with E-state index in [1.165, 1.54) is 11.3 Å². The summed E-state index contributed by atoms with van der Waals surface area (Å²) >= 11 is 0. The largest absolute Gasteiger partial charge is 0.341 e. The minimum atomic E-state index is -0.316. The predicted octanol–water partition coefficient (Wildman–Crippen LogP) is 3.70. The number of hydrogen-bond acceptors (Lipinski definition) is 3. The maximum atomic E-state index is 13.8. The van der Waals surface area contributed by atoms with E-state index in [0.29, 0.717) is 11.8 Å². The number of carbonyl (C=O) groups is 1. The first kappa shape index (κ1) is 20.1. The highest BCUT2D eigenvalue weighted by Gasteiger charge is 2.45. The standard InChI is InChI=1S/C24H34N4O/c1-26(2)18-21-16-22(25-27(21)3)19-10-9-15-28(17-19)23(29)24(13-7-8-14-24)20-11-5-4-6-12-20/h4-6,11-12,16,19H,7-10,13-15,17-18H2,1-3H3/t19-/m0/s1. The molecule has 29 heavy (non-hydrogen) atoms. The molecular weight excluding hydrogens is 360 g/mol. The van der Waals surface area contributed by atoms with Gasteiger partial charge in [0.05, 0.1) is 16.8 Å². The summed E-state index contributed by atoms with van der Waals surface area (Å²) in [6.45, 7) is 2.56. The second-order valence-electron chi connectivity index (χ2n) is 9.17. The van der Waals surface area contributed by atoms with Crippen LogP contribution in [-0.4, -0.2) is 52.7 Å². The number of piperidine rings is 1. The number of benzene rings is 1. The first-order valence-corrected chi connectivity index (χ1v) is 11.0. The van der Waals surface area contributed by atoms with Crippen LogP contribution in [0.1, 0.15) is 61.4 Å². The third kappa shape index (κ3) is 3.97. The van der Waals surface area contributed by atoms with E-state index < -0.39 is 0 Å². The molecule has 156 valence electrons. The summed E-state index contributed by atoms with van der Waals surface area (Å²) in [5, 5.41) is 4.81. The van der Waals surface area contributed by atoms with E-state index in [0.717, 1.165) is 63.9 Å². The third-order valence-electron chi connectivity index (χ3n) is 6.79. The van der Waals surface area contributed by atoms with Crippen LogP contribution in [0.3, 0.4) is 0 Å². The van der Waals surface area contributed by atoms with Gasteiger partial charge in [0.1, 0.15) is 0 Å². The van der Waals surface area contributed by atoms with Gasteiger partial charge in [-0.3, -0.25) is 9.48 Å². The van der Waals surface area contributed by atoms with E-state index in [2.05, 4.69) is 54.2 Å². The molecule has 2 aromatic rings. The quantitative estimate of drug-likeness (QED) is 0.776. The van der Waals surface area contributed by atoms with Crippen LogP contribution in [0.25, 0.3) is 0 Å². The van der Waals surface area contributed by atoms with Crippen LogP contribution in [0.5, 0.6) is 0 Å². The Kier molecular flexibility index (Phi) is 5.77. The molecule has 1 atom stereocenters. The van der Waals surface area contributed by atoms with Gasteiger partial charge in [-0.05, 0) is 51.4 Å². The molecule has 1 aromatic heterocycles. The zero-order valence-electron chi connectivity index (χ0n) is 18.1. The van der Waals surface area contributed by atoms with Crippen molar-refractivity contribution in [3.05, 3.63) is 53.3 Å². The van der Waals surface area contributed by atoms with Crippen LogP contribution in [0.15, 0.2) is 36.4 Å². The lowest BCUT2D eigenvalue weighted by Crippen LogP contribution is -2.49. The molecule has 2 aliphatic rings. The molecule has 5 heteroatoms. The Morgan fingerprint density at radius 3 is 2.59 bits per heavy atom. The van der Waals surface area contributed by atoms with Crippen LogP contribution in [-0.2, 0) is 23.8 Å². The highest BCUT2D eigenvalue weighted by Crippen LogP contribution is 2.43. The van der Waals surface area contributed by atoms with Gasteiger partial charge in [0.15, 0.2) is 0 Å². The summed E-state index contributed by atoms with van der Waals surface area (Å²) in [7, 11) is 6.19. The number of aryl methyl sites for hydroxylation is 1. The number of likely N-dealkylation sites (tertiary alicyclic amines) is 1. The lowest BCUT2D eigenvalue weighted by molar-refractivity contribution is -0.138. The lowest BCUT2D eigenvalue weighted by atomic mass is 9.77. The van der Waals surface area contributed by atoms with E-state index >= 15 is 0 Å². The van der Waals surface area contributed by atoms with Gasteiger partial charge in [-0.25, -0.2) is 0 Å². The Bertz CT molecular complexity index is 836. The van der Waals surface area contributed by atoms with Gasteiger partial charge >= 0.3 is 0 Å². The number of hydrogen-bond donors (Lipinski definition) is 0. The summed E-state index contributed by atoms with van der Waals surface area (Å²) in [5.41, 5.74) is 3.26. The first-order chi connectivity index (χ1) is 14.0. The van der Waals surface area contributed by atoms with Crippen LogP contribution in [0.2, 0.25) is 0 Å². The summed E-state index contributed by atoms with van der Waals surface area (Å²) < 4.78 is 2.00. The van der Waals surface area contributed by atoms with Crippen LogP contribution >= 0.6 is 0 Å². The number of aromatic nitrogens is 2. The molecule has 2 heterocycles. The van der Waals surface area contributed by atoms with E-state index in [9.17, 15) is 4.79 Å². The molecule has 2 fully saturated rings. The zero-order valence-corrected chi connectivity index (χ0v) is 18.1. The molecule has 1 aliphatic heterocycles. The molecule has 0 spiro atoms. The fourth-order valence-corrected chi connectivity index (χ4v) is 5.27. The Labute approximate surface area is 174 Å². The average Bonchev–Trinajstić information content (AvgIpc) is 3.36. The molecule has 0 bridgehead atoms. The van der Waals surface area contributed by atoms with E-state index in [-0.39, 0.29) is 5.41 Å². The SMILES string of the molecule is CN(C)Cc1cc([C@H]2CCCN(C(=O)C3(c4ccccc4)CCCC3)C2)nn1C. The monoisotopic (exact) mass is 394 g/mol. The molecule has 1 saturated heterocycles. The van der Waals surface area contributed by atoms with Gasteiger partial charge < -0.3 is 9.80 Å². The molecule has 1 aromatic carbocycles. The van der Waals surface area contributed by atoms with Crippen molar-refractivity contribution in [1.29, 1.82) is 0 Å². The summed E-state index contributed by atoms with van der Waals surface area (Å²) in [6, 6.07) is 12.7. The Balaban J connectivity index is 1.54. The second kappa shape index (κ2) is 8.31. The van der Waals surface area contributed by atoms with Crippen molar-refractivity contribution in [2.45, 2.75) is 56.4 Å². The van der Waals surface area contributed by atoms with Crippen molar-refractivity contribution >= 4 is 5.91 Å². The smallest absolute Gasteiger partial charge is 0.233 e. The molecular formula is C24H34N4O. The Morgan fingerprint density at radius 2 is 1.90 bits per heavy atom. The number of amides is 1.